The summed E-state index contributed by atoms with van der Waals surface area (Å²) in [4.78, 5) is 25.4. The van der Waals surface area contributed by atoms with Crippen LogP contribution in [0.1, 0.15) is 0 Å². The summed E-state index contributed by atoms with van der Waals surface area (Å²) in [5.74, 6) is -0.215. The van der Waals surface area contributed by atoms with E-state index in [2.05, 4.69) is 5.32 Å². The average molecular weight is 397 g/mol. The van der Waals surface area contributed by atoms with Gasteiger partial charge in [0.1, 0.15) is 6.54 Å². The number of aromatic nitrogens is 1. The lowest BCUT2D eigenvalue weighted by molar-refractivity contribution is -0.116. The number of para-hydroxylation sites is 1. The molecule has 0 unspecified atom stereocenters. The molecule has 0 saturated carbocycles. The Balaban J connectivity index is 1.82. The van der Waals surface area contributed by atoms with Gasteiger partial charge in [-0.2, -0.15) is 0 Å². The predicted molar refractivity (Wildman–Crippen MR) is 111 cm³/mol. The van der Waals surface area contributed by atoms with Gasteiger partial charge in [-0.25, -0.2) is 0 Å². The minimum Gasteiger partial charge on any atom is -0.331 e. The normalized spacial score (nSPS) is 11.0. The first-order chi connectivity index (χ1) is 13.0. The number of nitrogens with one attached hydrogen (secondary N) is 1. The molecule has 1 aromatic heterocycles. The maximum atomic E-state index is 12.8. The zero-order valence-electron chi connectivity index (χ0n) is 14.1. The van der Waals surface area contributed by atoms with Crippen LogP contribution in [-0.2, 0) is 11.3 Å². The third-order valence-electron chi connectivity index (χ3n) is 4.36. The Hall–Kier alpha value is -2.82. The van der Waals surface area contributed by atoms with Gasteiger partial charge in [-0.1, -0.05) is 35.3 Å². The lowest BCUT2D eigenvalue weighted by Crippen LogP contribution is -2.21. The van der Waals surface area contributed by atoms with Crippen LogP contribution in [0, 0.1) is 0 Å². The molecule has 134 valence electrons. The van der Waals surface area contributed by atoms with Gasteiger partial charge in [0.25, 0.3) is 0 Å². The number of benzene rings is 3. The van der Waals surface area contributed by atoms with E-state index in [1.54, 1.807) is 48.5 Å². The summed E-state index contributed by atoms with van der Waals surface area (Å²) in [6.07, 6.45) is 0. The second kappa shape index (κ2) is 7.06. The summed E-state index contributed by atoms with van der Waals surface area (Å²) in [5.41, 5.74) is 1.88. The van der Waals surface area contributed by atoms with Crippen molar-refractivity contribution in [3.05, 3.63) is 87.0 Å². The number of hydrogen-bond donors (Lipinski definition) is 1. The van der Waals surface area contributed by atoms with Crippen molar-refractivity contribution in [1.82, 2.24) is 4.57 Å². The van der Waals surface area contributed by atoms with E-state index in [1.807, 2.05) is 22.8 Å². The first kappa shape index (κ1) is 17.6. The molecule has 4 aromatic rings. The Morgan fingerprint density at radius 2 is 1.52 bits per heavy atom. The first-order valence-electron chi connectivity index (χ1n) is 8.29. The molecule has 4 rings (SSSR count). The van der Waals surface area contributed by atoms with Gasteiger partial charge in [-0.3, -0.25) is 9.59 Å². The van der Waals surface area contributed by atoms with Gasteiger partial charge in [0.2, 0.25) is 5.91 Å². The zero-order chi connectivity index (χ0) is 19.0. The third-order valence-corrected chi connectivity index (χ3v) is 4.85. The fraction of sp³-hybridized carbons (Fsp3) is 0.0476. The summed E-state index contributed by atoms with van der Waals surface area (Å²) in [6.45, 7) is 0.0419. The van der Waals surface area contributed by atoms with Crippen molar-refractivity contribution >= 4 is 56.6 Å². The Morgan fingerprint density at radius 1 is 0.852 bits per heavy atom. The van der Waals surface area contributed by atoms with Crippen LogP contribution >= 0.6 is 23.2 Å². The van der Waals surface area contributed by atoms with Crippen LogP contribution in [0.25, 0.3) is 21.8 Å². The van der Waals surface area contributed by atoms with Crippen molar-refractivity contribution < 1.29 is 4.79 Å². The van der Waals surface area contributed by atoms with Crippen LogP contribution in [0.15, 0.2) is 71.5 Å². The number of nitrogens with zero attached hydrogens (tertiary/aromatic N) is 1. The van der Waals surface area contributed by atoms with Gasteiger partial charge >= 0.3 is 0 Å². The number of rotatable bonds is 3. The number of anilines is 1. The van der Waals surface area contributed by atoms with Gasteiger partial charge in [-0.15, -0.1) is 0 Å². The molecule has 0 aliphatic carbocycles. The molecular formula is C21H14Cl2N2O2. The summed E-state index contributed by atoms with van der Waals surface area (Å²) in [7, 11) is 0. The predicted octanol–water partition coefficient (Wildman–Crippen LogP) is 5.10. The Bertz CT molecular complexity index is 1230. The van der Waals surface area contributed by atoms with Gasteiger partial charge in [0.15, 0.2) is 5.43 Å². The fourth-order valence-electron chi connectivity index (χ4n) is 3.14. The zero-order valence-corrected chi connectivity index (χ0v) is 15.6. The highest BCUT2D eigenvalue weighted by Crippen LogP contribution is 2.23. The number of fused-ring (bicyclic) bond motifs is 2. The van der Waals surface area contributed by atoms with E-state index < -0.39 is 0 Å². The molecule has 27 heavy (non-hydrogen) atoms. The van der Waals surface area contributed by atoms with Crippen LogP contribution in [0.4, 0.5) is 5.69 Å². The minimum absolute atomic E-state index is 0.0419. The van der Waals surface area contributed by atoms with Crippen LogP contribution in [0.3, 0.4) is 0 Å². The molecule has 6 heteroatoms. The number of carbonyl (C=O) groups is 1. The fourth-order valence-corrected chi connectivity index (χ4v) is 3.44. The molecule has 3 aromatic carbocycles. The molecule has 0 fully saturated rings. The lowest BCUT2D eigenvalue weighted by Gasteiger charge is -2.15. The van der Waals surface area contributed by atoms with E-state index in [4.69, 9.17) is 23.2 Å². The summed E-state index contributed by atoms with van der Waals surface area (Å²) in [5, 5.41) is 5.03. The second-order valence-corrected chi connectivity index (χ2v) is 7.02. The molecule has 0 saturated heterocycles. The highest BCUT2D eigenvalue weighted by molar-refractivity contribution is 6.31. The molecule has 0 spiro atoms. The van der Waals surface area contributed by atoms with Crippen LogP contribution in [-0.4, -0.2) is 10.5 Å². The Kier molecular flexibility index (Phi) is 4.60. The number of hydrogen-bond acceptors (Lipinski definition) is 2. The van der Waals surface area contributed by atoms with Crippen LogP contribution in [0.2, 0.25) is 10.0 Å². The van der Waals surface area contributed by atoms with Crippen LogP contribution in [0.5, 0.6) is 0 Å². The third kappa shape index (κ3) is 3.42. The van der Waals surface area contributed by atoms with Crippen molar-refractivity contribution in [1.29, 1.82) is 0 Å². The molecule has 4 nitrogen and oxygen atoms in total. The first-order valence-corrected chi connectivity index (χ1v) is 9.05. The number of carbonyl (C=O) groups excluding carboxylic acids is 1. The van der Waals surface area contributed by atoms with Crippen molar-refractivity contribution in [3.8, 4) is 0 Å². The standard InChI is InChI=1S/C21H14Cl2N2O2/c22-13-5-8-15(9-6-13)24-20(26)12-25-18-4-2-1-3-16(18)21(27)17-10-7-14(23)11-19(17)25/h1-11H,12H2,(H,24,26). The van der Waals surface area contributed by atoms with Crippen molar-refractivity contribution in [2.24, 2.45) is 0 Å². The van der Waals surface area contributed by atoms with E-state index in [-0.39, 0.29) is 17.9 Å². The smallest absolute Gasteiger partial charge is 0.244 e. The molecule has 0 radical (unpaired) electrons. The quantitative estimate of drug-likeness (QED) is 0.489. The van der Waals surface area contributed by atoms with E-state index in [1.165, 1.54) is 0 Å². The molecule has 0 aliphatic rings. The van der Waals surface area contributed by atoms with E-state index >= 15 is 0 Å². The molecule has 0 aliphatic heterocycles. The molecular weight excluding hydrogens is 383 g/mol. The average Bonchev–Trinajstić information content (AvgIpc) is 2.67. The van der Waals surface area contributed by atoms with Crippen LogP contribution < -0.4 is 10.7 Å². The van der Waals surface area contributed by atoms with E-state index in [9.17, 15) is 9.59 Å². The Morgan fingerprint density at radius 3 is 2.30 bits per heavy atom. The van der Waals surface area contributed by atoms with Crippen molar-refractivity contribution in [2.75, 3.05) is 5.32 Å². The van der Waals surface area contributed by atoms with Gasteiger partial charge < -0.3 is 9.88 Å². The highest BCUT2D eigenvalue weighted by Gasteiger charge is 2.13. The highest BCUT2D eigenvalue weighted by atomic mass is 35.5. The maximum absolute atomic E-state index is 12.8. The number of halogens is 2. The minimum atomic E-state index is -0.215. The molecule has 0 bridgehead atoms. The number of amides is 1. The van der Waals surface area contributed by atoms with E-state index in [0.29, 0.717) is 37.5 Å². The van der Waals surface area contributed by atoms with Gasteiger partial charge in [-0.05, 0) is 54.6 Å². The largest absolute Gasteiger partial charge is 0.331 e. The summed E-state index contributed by atoms with van der Waals surface area (Å²) >= 11 is 12.0. The molecule has 0 atom stereocenters. The van der Waals surface area contributed by atoms with Crippen molar-refractivity contribution in [2.45, 2.75) is 6.54 Å². The lowest BCUT2D eigenvalue weighted by atomic mass is 10.1. The summed E-state index contributed by atoms with van der Waals surface area (Å²) in [6, 6.07) is 19.2. The molecule has 1 heterocycles. The molecule has 1 N–H and O–H groups in total. The molecule has 1 amide bonds. The maximum Gasteiger partial charge on any atom is 0.244 e. The van der Waals surface area contributed by atoms with E-state index in [0.717, 1.165) is 0 Å². The van der Waals surface area contributed by atoms with Crippen molar-refractivity contribution in [3.63, 3.8) is 0 Å². The topological polar surface area (TPSA) is 51.1 Å². The number of pyridine rings is 1. The van der Waals surface area contributed by atoms with Gasteiger partial charge in [0.05, 0.1) is 11.0 Å². The second-order valence-electron chi connectivity index (χ2n) is 6.15. The summed E-state index contributed by atoms with van der Waals surface area (Å²) < 4.78 is 1.81. The van der Waals surface area contributed by atoms with Gasteiger partial charge in [0, 0.05) is 26.5 Å². The monoisotopic (exact) mass is 396 g/mol. The SMILES string of the molecule is O=C(Cn1c2ccccc2c(=O)c2ccc(Cl)cc21)Nc1ccc(Cl)cc1. The Labute approximate surface area is 164 Å².